The summed E-state index contributed by atoms with van der Waals surface area (Å²) in [5.41, 5.74) is 0.449. The molecule has 0 radical (unpaired) electrons. The largest absolute Gasteiger partial charge is 0.339 e. The third-order valence-electron chi connectivity index (χ3n) is 4.48. The second-order valence-electron chi connectivity index (χ2n) is 5.81. The molecular formula is C15H19Cl2FN2O. The van der Waals surface area contributed by atoms with Crippen molar-refractivity contribution in [2.24, 2.45) is 0 Å². The summed E-state index contributed by atoms with van der Waals surface area (Å²) in [6.07, 6.45) is 4.39. The first-order chi connectivity index (χ1) is 9.54. The van der Waals surface area contributed by atoms with Gasteiger partial charge < -0.3 is 10.2 Å². The number of carbonyl (C=O) groups is 1. The topological polar surface area (TPSA) is 32.3 Å². The van der Waals surface area contributed by atoms with E-state index in [0.29, 0.717) is 17.6 Å². The Morgan fingerprint density at radius 3 is 2.52 bits per heavy atom. The van der Waals surface area contributed by atoms with Crippen molar-refractivity contribution < 1.29 is 9.18 Å². The second kappa shape index (κ2) is 6.51. The van der Waals surface area contributed by atoms with Gasteiger partial charge in [-0.25, -0.2) is 4.39 Å². The van der Waals surface area contributed by atoms with E-state index in [9.17, 15) is 9.18 Å². The molecule has 2 aliphatic rings. The minimum atomic E-state index is -0.495. The lowest BCUT2D eigenvalue weighted by molar-refractivity contribution is 0.0681. The zero-order chi connectivity index (χ0) is 14.3. The van der Waals surface area contributed by atoms with E-state index in [-0.39, 0.29) is 29.4 Å². The number of nitrogens with zero attached hydrogens (tertiary/aromatic N) is 1. The van der Waals surface area contributed by atoms with Gasteiger partial charge in [0.2, 0.25) is 0 Å². The van der Waals surface area contributed by atoms with Gasteiger partial charge in [0.25, 0.3) is 5.91 Å². The van der Waals surface area contributed by atoms with E-state index in [1.807, 2.05) is 7.05 Å². The van der Waals surface area contributed by atoms with Crippen molar-refractivity contribution in [1.29, 1.82) is 0 Å². The SMILES string of the molecule is CN(C(=O)c1ccc(F)c(Cl)c1)C1CC2CCC(C1)N2.Cl. The summed E-state index contributed by atoms with van der Waals surface area (Å²) >= 11 is 5.75. The minimum absolute atomic E-state index is 0. The molecule has 116 valence electrons. The van der Waals surface area contributed by atoms with Crippen LogP contribution in [0.1, 0.15) is 36.0 Å². The summed E-state index contributed by atoms with van der Waals surface area (Å²) in [6.45, 7) is 0. The number of amides is 1. The summed E-state index contributed by atoms with van der Waals surface area (Å²) in [5.74, 6) is -0.580. The number of hydrogen-bond acceptors (Lipinski definition) is 2. The maximum Gasteiger partial charge on any atom is 0.253 e. The molecule has 2 atom stereocenters. The Balaban J connectivity index is 0.00000161. The van der Waals surface area contributed by atoms with Crippen molar-refractivity contribution in [1.82, 2.24) is 10.2 Å². The van der Waals surface area contributed by atoms with E-state index in [2.05, 4.69) is 5.32 Å². The van der Waals surface area contributed by atoms with Crippen LogP contribution in [0.2, 0.25) is 5.02 Å². The van der Waals surface area contributed by atoms with Crippen LogP contribution in [0, 0.1) is 5.82 Å². The van der Waals surface area contributed by atoms with Crippen LogP contribution in [0.4, 0.5) is 4.39 Å². The average molecular weight is 333 g/mol. The minimum Gasteiger partial charge on any atom is -0.339 e. The maximum atomic E-state index is 13.2. The van der Waals surface area contributed by atoms with Crippen molar-refractivity contribution in [3.05, 3.63) is 34.6 Å². The highest BCUT2D eigenvalue weighted by atomic mass is 35.5. The van der Waals surface area contributed by atoms with Crippen molar-refractivity contribution >= 4 is 29.9 Å². The van der Waals surface area contributed by atoms with Crippen LogP contribution >= 0.6 is 24.0 Å². The predicted octanol–water partition coefficient (Wildman–Crippen LogP) is 3.26. The second-order valence-corrected chi connectivity index (χ2v) is 6.22. The molecular weight excluding hydrogens is 314 g/mol. The van der Waals surface area contributed by atoms with Gasteiger partial charge in [-0.1, -0.05) is 11.6 Å². The fourth-order valence-electron chi connectivity index (χ4n) is 3.34. The molecule has 3 nitrogen and oxygen atoms in total. The molecule has 0 spiro atoms. The molecule has 3 rings (SSSR count). The molecule has 21 heavy (non-hydrogen) atoms. The molecule has 2 bridgehead atoms. The van der Waals surface area contributed by atoms with Gasteiger partial charge in [0.1, 0.15) is 5.82 Å². The van der Waals surface area contributed by atoms with Gasteiger partial charge in [0.05, 0.1) is 5.02 Å². The molecule has 2 aliphatic heterocycles. The quantitative estimate of drug-likeness (QED) is 0.901. The predicted molar refractivity (Wildman–Crippen MR) is 83.7 cm³/mol. The van der Waals surface area contributed by atoms with Crippen LogP contribution in [0.15, 0.2) is 18.2 Å². The van der Waals surface area contributed by atoms with Crippen LogP contribution in [0.5, 0.6) is 0 Å². The van der Waals surface area contributed by atoms with Crippen LogP contribution < -0.4 is 5.32 Å². The number of nitrogens with one attached hydrogen (secondary N) is 1. The first-order valence-electron chi connectivity index (χ1n) is 7.03. The highest BCUT2D eigenvalue weighted by Crippen LogP contribution is 2.30. The first-order valence-corrected chi connectivity index (χ1v) is 7.40. The highest BCUT2D eigenvalue weighted by Gasteiger charge is 2.36. The molecule has 2 unspecified atom stereocenters. The third kappa shape index (κ3) is 3.33. The van der Waals surface area contributed by atoms with Crippen LogP contribution in [-0.4, -0.2) is 36.0 Å². The Bertz CT molecular complexity index is 528. The fourth-order valence-corrected chi connectivity index (χ4v) is 3.52. The Morgan fingerprint density at radius 2 is 1.95 bits per heavy atom. The lowest BCUT2D eigenvalue weighted by atomic mass is 9.98. The molecule has 1 aromatic rings. The third-order valence-corrected chi connectivity index (χ3v) is 4.77. The molecule has 2 heterocycles. The molecule has 0 aliphatic carbocycles. The summed E-state index contributed by atoms with van der Waals surface area (Å²) in [5, 5.41) is 3.56. The van der Waals surface area contributed by atoms with Gasteiger partial charge in [0.15, 0.2) is 0 Å². The van der Waals surface area contributed by atoms with E-state index in [1.54, 1.807) is 4.90 Å². The van der Waals surface area contributed by atoms with Gasteiger partial charge in [-0.05, 0) is 43.9 Å². The van der Waals surface area contributed by atoms with E-state index in [1.165, 1.54) is 31.0 Å². The zero-order valence-electron chi connectivity index (χ0n) is 11.8. The summed E-state index contributed by atoms with van der Waals surface area (Å²) in [6, 6.07) is 5.47. The average Bonchev–Trinajstić information content (AvgIpc) is 2.79. The Kier molecular flexibility index (Phi) is 5.12. The van der Waals surface area contributed by atoms with E-state index >= 15 is 0 Å². The molecule has 6 heteroatoms. The Labute approximate surface area is 135 Å². The highest BCUT2D eigenvalue weighted by molar-refractivity contribution is 6.31. The van der Waals surface area contributed by atoms with Crippen molar-refractivity contribution in [2.45, 2.75) is 43.8 Å². The molecule has 2 fully saturated rings. The number of hydrogen-bond donors (Lipinski definition) is 1. The summed E-state index contributed by atoms with van der Waals surface area (Å²) < 4.78 is 13.2. The van der Waals surface area contributed by atoms with E-state index < -0.39 is 5.82 Å². The van der Waals surface area contributed by atoms with Crippen LogP contribution in [0.3, 0.4) is 0 Å². The Morgan fingerprint density at radius 1 is 1.33 bits per heavy atom. The van der Waals surface area contributed by atoms with Gasteiger partial charge in [0, 0.05) is 30.7 Å². The van der Waals surface area contributed by atoms with Crippen LogP contribution in [0.25, 0.3) is 0 Å². The monoisotopic (exact) mass is 332 g/mol. The zero-order valence-corrected chi connectivity index (χ0v) is 13.4. The smallest absolute Gasteiger partial charge is 0.253 e. The lowest BCUT2D eigenvalue weighted by Crippen LogP contribution is -2.48. The van der Waals surface area contributed by atoms with Gasteiger partial charge >= 0.3 is 0 Å². The maximum absolute atomic E-state index is 13.2. The first kappa shape index (κ1) is 16.5. The molecule has 1 aromatic carbocycles. The van der Waals surface area contributed by atoms with Gasteiger partial charge in [-0.15, -0.1) is 12.4 Å². The van der Waals surface area contributed by atoms with Crippen molar-refractivity contribution in [3.8, 4) is 0 Å². The summed E-state index contributed by atoms with van der Waals surface area (Å²) in [4.78, 5) is 14.3. The summed E-state index contributed by atoms with van der Waals surface area (Å²) in [7, 11) is 1.83. The molecule has 2 saturated heterocycles. The van der Waals surface area contributed by atoms with E-state index in [4.69, 9.17) is 11.6 Å². The van der Waals surface area contributed by atoms with E-state index in [0.717, 1.165) is 12.8 Å². The molecule has 0 saturated carbocycles. The normalized spacial score (nSPS) is 27.1. The van der Waals surface area contributed by atoms with Crippen LogP contribution in [-0.2, 0) is 0 Å². The number of carbonyl (C=O) groups excluding carboxylic acids is 1. The fraction of sp³-hybridized carbons (Fsp3) is 0.533. The number of fused-ring (bicyclic) bond motifs is 2. The number of halogens is 3. The molecule has 0 aromatic heterocycles. The number of piperidine rings is 1. The lowest BCUT2D eigenvalue weighted by Gasteiger charge is -2.35. The van der Waals surface area contributed by atoms with Gasteiger partial charge in [-0.2, -0.15) is 0 Å². The Hall–Kier alpha value is -0.840. The van der Waals surface area contributed by atoms with Gasteiger partial charge in [-0.3, -0.25) is 4.79 Å². The molecule has 1 N–H and O–H groups in total. The molecule has 1 amide bonds. The number of rotatable bonds is 2. The standard InChI is InChI=1S/C15H18ClFN2O.ClH/c1-19(12-7-10-3-4-11(8-12)18-10)15(20)9-2-5-14(17)13(16)6-9;/h2,5-6,10-12,18H,3-4,7-8H2,1H3;1H. The van der Waals surface area contributed by atoms with Crippen molar-refractivity contribution in [2.75, 3.05) is 7.05 Å². The number of benzene rings is 1. The van der Waals surface area contributed by atoms with Crippen molar-refractivity contribution in [3.63, 3.8) is 0 Å².